The van der Waals surface area contributed by atoms with Crippen molar-refractivity contribution in [3.63, 3.8) is 0 Å². The van der Waals surface area contributed by atoms with Crippen molar-refractivity contribution in [2.24, 2.45) is 0 Å². The summed E-state index contributed by atoms with van der Waals surface area (Å²) in [6.07, 6.45) is 0.335. The fourth-order valence-electron chi connectivity index (χ4n) is 2.32. The molecular weight excluding hydrogens is 220 g/mol. The molecule has 17 heavy (non-hydrogen) atoms. The Morgan fingerprint density at radius 2 is 1.76 bits per heavy atom. The number of nitrogens with one attached hydrogen (secondary N) is 1. The van der Waals surface area contributed by atoms with Crippen molar-refractivity contribution in [3.8, 4) is 0 Å². The lowest BCUT2D eigenvalue weighted by molar-refractivity contribution is -0.00461. The number of ether oxygens (including phenoxy) is 3. The molecule has 3 atom stereocenters. The topological polar surface area (TPSA) is 43.0 Å². The van der Waals surface area contributed by atoms with Crippen molar-refractivity contribution >= 4 is 0 Å². The normalized spacial score (nSPS) is 27.5. The number of likely N-dealkylation sites (tertiary alicyclic amines) is 1. The van der Waals surface area contributed by atoms with Gasteiger partial charge in [0.15, 0.2) is 0 Å². The molecule has 1 saturated heterocycles. The smallest absolute Gasteiger partial charge is 0.0971 e. The van der Waals surface area contributed by atoms with Gasteiger partial charge in [0.25, 0.3) is 0 Å². The van der Waals surface area contributed by atoms with Crippen LogP contribution < -0.4 is 5.32 Å². The van der Waals surface area contributed by atoms with Crippen molar-refractivity contribution in [3.05, 3.63) is 0 Å². The highest BCUT2D eigenvalue weighted by Crippen LogP contribution is 2.18. The summed E-state index contributed by atoms with van der Waals surface area (Å²) in [5.41, 5.74) is 0. The van der Waals surface area contributed by atoms with E-state index in [2.05, 4.69) is 17.1 Å². The lowest BCUT2D eigenvalue weighted by Gasteiger charge is -2.27. The molecule has 0 aliphatic carbocycles. The number of hydrogen-bond acceptors (Lipinski definition) is 5. The quantitative estimate of drug-likeness (QED) is 0.651. The highest BCUT2D eigenvalue weighted by atomic mass is 16.5. The summed E-state index contributed by atoms with van der Waals surface area (Å²) < 4.78 is 16.2. The predicted molar refractivity (Wildman–Crippen MR) is 67.4 cm³/mol. The van der Waals surface area contributed by atoms with E-state index < -0.39 is 0 Å². The minimum atomic E-state index is 0.168. The maximum absolute atomic E-state index is 5.45. The number of rotatable bonds is 8. The van der Waals surface area contributed by atoms with Crippen LogP contribution in [0.5, 0.6) is 0 Å². The first kappa shape index (κ1) is 14.9. The maximum atomic E-state index is 5.45. The molecular formula is C12H26N2O3. The first-order chi connectivity index (χ1) is 8.26. The van der Waals surface area contributed by atoms with Crippen LogP contribution in [0.4, 0.5) is 0 Å². The largest absolute Gasteiger partial charge is 0.383 e. The standard InChI is InChI=1S/C12H26N2O3/c1-5-13-6-10(9-15-2)14-7-11(16-3)12(8-14)17-4/h10-13H,5-9H2,1-4H3. The van der Waals surface area contributed by atoms with Gasteiger partial charge < -0.3 is 19.5 Å². The minimum absolute atomic E-state index is 0.168. The Hall–Kier alpha value is -0.200. The molecule has 0 aromatic carbocycles. The number of methoxy groups -OCH3 is 3. The van der Waals surface area contributed by atoms with Crippen LogP contribution in [0.2, 0.25) is 0 Å². The van der Waals surface area contributed by atoms with E-state index in [0.717, 1.165) is 32.8 Å². The van der Waals surface area contributed by atoms with Crippen LogP contribution in [0.25, 0.3) is 0 Å². The molecule has 0 amide bonds. The van der Waals surface area contributed by atoms with E-state index in [4.69, 9.17) is 14.2 Å². The molecule has 1 heterocycles. The fourth-order valence-corrected chi connectivity index (χ4v) is 2.32. The lowest BCUT2D eigenvalue weighted by Crippen LogP contribution is -2.44. The van der Waals surface area contributed by atoms with Gasteiger partial charge in [-0.1, -0.05) is 6.92 Å². The molecule has 3 unspecified atom stereocenters. The zero-order chi connectivity index (χ0) is 12.7. The van der Waals surface area contributed by atoms with E-state index in [9.17, 15) is 0 Å². The Labute approximate surface area is 104 Å². The Morgan fingerprint density at radius 3 is 2.18 bits per heavy atom. The molecule has 0 radical (unpaired) electrons. The van der Waals surface area contributed by atoms with Crippen LogP contribution in [-0.2, 0) is 14.2 Å². The zero-order valence-corrected chi connectivity index (χ0v) is 11.4. The molecule has 1 aliphatic rings. The second-order valence-corrected chi connectivity index (χ2v) is 4.42. The van der Waals surface area contributed by atoms with Crippen LogP contribution in [-0.4, -0.2) is 77.3 Å². The molecule has 1 aliphatic heterocycles. The minimum Gasteiger partial charge on any atom is -0.383 e. The van der Waals surface area contributed by atoms with Gasteiger partial charge in [0.2, 0.25) is 0 Å². The van der Waals surface area contributed by atoms with Gasteiger partial charge in [-0.15, -0.1) is 0 Å². The molecule has 0 saturated carbocycles. The summed E-state index contributed by atoms with van der Waals surface area (Å²) in [6.45, 7) is 6.60. The fraction of sp³-hybridized carbons (Fsp3) is 1.00. The van der Waals surface area contributed by atoms with Crippen LogP contribution in [0.15, 0.2) is 0 Å². The third-order valence-corrected chi connectivity index (χ3v) is 3.35. The van der Waals surface area contributed by atoms with Crippen molar-refractivity contribution in [1.29, 1.82) is 0 Å². The van der Waals surface area contributed by atoms with Crippen molar-refractivity contribution in [2.75, 3.05) is 54.1 Å². The van der Waals surface area contributed by atoms with Crippen LogP contribution in [0.1, 0.15) is 6.92 Å². The summed E-state index contributed by atoms with van der Waals surface area (Å²) in [6, 6.07) is 0.387. The molecule has 0 bridgehead atoms. The van der Waals surface area contributed by atoms with E-state index in [0.29, 0.717) is 6.04 Å². The number of likely N-dealkylation sites (N-methyl/N-ethyl adjacent to an activating group) is 1. The van der Waals surface area contributed by atoms with E-state index >= 15 is 0 Å². The number of nitrogens with zero attached hydrogens (tertiary/aromatic N) is 1. The predicted octanol–water partition coefficient (Wildman–Crippen LogP) is -0.0435. The van der Waals surface area contributed by atoms with E-state index in [-0.39, 0.29) is 12.2 Å². The second kappa shape index (κ2) is 8.00. The second-order valence-electron chi connectivity index (χ2n) is 4.42. The highest BCUT2D eigenvalue weighted by molar-refractivity contribution is 4.90. The SMILES string of the molecule is CCNCC(COC)N1CC(OC)C(OC)C1. The van der Waals surface area contributed by atoms with Crippen molar-refractivity contribution in [1.82, 2.24) is 10.2 Å². The van der Waals surface area contributed by atoms with Crippen LogP contribution >= 0.6 is 0 Å². The summed E-state index contributed by atoms with van der Waals surface area (Å²) in [7, 11) is 5.24. The monoisotopic (exact) mass is 246 g/mol. The molecule has 1 rings (SSSR count). The maximum Gasteiger partial charge on any atom is 0.0971 e. The summed E-state index contributed by atoms with van der Waals surface area (Å²) in [4.78, 5) is 2.38. The first-order valence-electron chi connectivity index (χ1n) is 6.26. The summed E-state index contributed by atoms with van der Waals surface area (Å²) in [5, 5.41) is 3.37. The van der Waals surface area contributed by atoms with Gasteiger partial charge in [-0.05, 0) is 6.54 Å². The Balaban J connectivity index is 2.50. The average Bonchev–Trinajstić information content (AvgIpc) is 2.77. The molecule has 0 spiro atoms. The third kappa shape index (κ3) is 4.19. The molecule has 1 fully saturated rings. The zero-order valence-electron chi connectivity index (χ0n) is 11.4. The molecule has 102 valence electrons. The average molecular weight is 246 g/mol. The molecule has 5 nitrogen and oxygen atoms in total. The summed E-state index contributed by atoms with van der Waals surface area (Å²) >= 11 is 0. The van der Waals surface area contributed by atoms with E-state index in [1.807, 2.05) is 0 Å². The Morgan fingerprint density at radius 1 is 1.18 bits per heavy atom. The van der Waals surface area contributed by atoms with Crippen LogP contribution in [0.3, 0.4) is 0 Å². The first-order valence-corrected chi connectivity index (χ1v) is 6.26. The van der Waals surface area contributed by atoms with Gasteiger partial charge >= 0.3 is 0 Å². The third-order valence-electron chi connectivity index (χ3n) is 3.35. The van der Waals surface area contributed by atoms with Crippen molar-refractivity contribution < 1.29 is 14.2 Å². The highest BCUT2D eigenvalue weighted by Gasteiger charge is 2.36. The Kier molecular flexibility index (Phi) is 6.99. The van der Waals surface area contributed by atoms with Crippen molar-refractivity contribution in [2.45, 2.75) is 25.2 Å². The van der Waals surface area contributed by atoms with Gasteiger partial charge in [0, 0.05) is 47.0 Å². The van der Waals surface area contributed by atoms with Gasteiger partial charge in [0.05, 0.1) is 18.8 Å². The van der Waals surface area contributed by atoms with Gasteiger partial charge in [-0.3, -0.25) is 4.90 Å². The Bertz CT molecular complexity index is 192. The molecule has 5 heteroatoms. The molecule has 0 aromatic rings. The van der Waals surface area contributed by atoms with Gasteiger partial charge in [0.1, 0.15) is 0 Å². The lowest BCUT2D eigenvalue weighted by atomic mass is 10.2. The van der Waals surface area contributed by atoms with Crippen LogP contribution in [0, 0.1) is 0 Å². The van der Waals surface area contributed by atoms with E-state index in [1.54, 1.807) is 21.3 Å². The van der Waals surface area contributed by atoms with E-state index in [1.165, 1.54) is 0 Å². The molecule has 1 N–H and O–H groups in total. The van der Waals surface area contributed by atoms with Gasteiger partial charge in [-0.2, -0.15) is 0 Å². The summed E-state index contributed by atoms with van der Waals surface area (Å²) in [5.74, 6) is 0. The molecule has 0 aromatic heterocycles. The number of hydrogen-bond donors (Lipinski definition) is 1. The van der Waals surface area contributed by atoms with Gasteiger partial charge in [-0.25, -0.2) is 0 Å².